The second-order valence-electron chi connectivity index (χ2n) is 5.94. The van der Waals surface area contributed by atoms with Crippen LogP contribution in [-0.4, -0.2) is 25.9 Å². The molecule has 27 heavy (non-hydrogen) atoms. The van der Waals surface area contributed by atoms with Crippen LogP contribution in [0.1, 0.15) is 12.7 Å². The third kappa shape index (κ3) is 5.24. The Morgan fingerprint density at radius 2 is 1.89 bits per heavy atom. The summed E-state index contributed by atoms with van der Waals surface area (Å²) in [4.78, 5) is 12.4. The molecule has 0 aliphatic rings. The van der Waals surface area contributed by atoms with Gasteiger partial charge in [0.2, 0.25) is 5.91 Å². The van der Waals surface area contributed by atoms with Crippen LogP contribution in [0.3, 0.4) is 0 Å². The van der Waals surface area contributed by atoms with Crippen LogP contribution in [0, 0.1) is 0 Å². The van der Waals surface area contributed by atoms with E-state index in [1.807, 2.05) is 73.1 Å². The van der Waals surface area contributed by atoms with Gasteiger partial charge in [-0.1, -0.05) is 47.6 Å². The number of nitrogens with one attached hydrogen (secondary N) is 2. The van der Waals surface area contributed by atoms with Gasteiger partial charge in [-0.15, -0.1) is 10.2 Å². The molecule has 8 heteroatoms. The van der Waals surface area contributed by atoms with Gasteiger partial charge in [-0.25, -0.2) is 0 Å². The monoisotopic (exact) mass is 401 g/mol. The normalized spacial score (nSPS) is 11.8. The Kier molecular flexibility index (Phi) is 6.36. The Morgan fingerprint density at radius 1 is 1.15 bits per heavy atom. The van der Waals surface area contributed by atoms with E-state index < -0.39 is 0 Å². The Bertz CT molecular complexity index is 915. The topological polar surface area (TPSA) is 71.8 Å². The molecular formula is C19H20ClN5OS. The minimum atomic E-state index is -0.304. The molecule has 1 unspecified atom stereocenters. The molecule has 6 nitrogen and oxygen atoms in total. The van der Waals surface area contributed by atoms with Crippen LogP contribution in [0.15, 0.2) is 59.8 Å². The third-order valence-corrected chi connectivity index (χ3v) is 5.26. The van der Waals surface area contributed by atoms with E-state index in [1.165, 1.54) is 11.8 Å². The first-order valence-electron chi connectivity index (χ1n) is 8.43. The van der Waals surface area contributed by atoms with E-state index in [0.29, 0.717) is 16.7 Å². The summed E-state index contributed by atoms with van der Waals surface area (Å²) < 4.78 is 1.88. The van der Waals surface area contributed by atoms with Gasteiger partial charge < -0.3 is 15.2 Å². The van der Waals surface area contributed by atoms with Gasteiger partial charge in [0, 0.05) is 23.4 Å². The molecule has 1 heterocycles. The molecule has 0 aliphatic carbocycles. The fourth-order valence-corrected chi connectivity index (χ4v) is 3.38. The molecule has 0 saturated carbocycles. The average Bonchev–Trinajstić information content (AvgIpc) is 3.00. The van der Waals surface area contributed by atoms with Gasteiger partial charge >= 0.3 is 0 Å². The van der Waals surface area contributed by atoms with Crippen molar-refractivity contribution in [3.8, 4) is 0 Å². The van der Waals surface area contributed by atoms with Crippen molar-refractivity contribution in [1.82, 2.24) is 14.8 Å². The maximum atomic E-state index is 12.4. The zero-order valence-electron chi connectivity index (χ0n) is 15.0. The standard InChI is InChI=1S/C19H20ClN5OS/c1-13(18(26)22-15-8-4-3-5-9-15)27-19-24-23-17(25(19)2)12-21-16-10-6-7-14(20)11-16/h3-11,13,21H,12H2,1-2H3,(H,22,26). The van der Waals surface area contributed by atoms with Crippen LogP contribution in [-0.2, 0) is 18.4 Å². The molecule has 140 valence electrons. The van der Waals surface area contributed by atoms with Crippen molar-refractivity contribution < 1.29 is 4.79 Å². The predicted molar refractivity (Wildman–Crippen MR) is 110 cm³/mol. The first-order valence-corrected chi connectivity index (χ1v) is 9.69. The number of thioether (sulfide) groups is 1. The highest BCUT2D eigenvalue weighted by Gasteiger charge is 2.19. The first kappa shape index (κ1) is 19.3. The van der Waals surface area contributed by atoms with Gasteiger partial charge in [-0.2, -0.15) is 0 Å². The van der Waals surface area contributed by atoms with Crippen molar-refractivity contribution >= 4 is 40.6 Å². The van der Waals surface area contributed by atoms with E-state index in [0.717, 1.165) is 17.2 Å². The summed E-state index contributed by atoms with van der Waals surface area (Å²) in [6.45, 7) is 2.36. The highest BCUT2D eigenvalue weighted by Crippen LogP contribution is 2.23. The van der Waals surface area contributed by atoms with Crippen LogP contribution in [0.4, 0.5) is 11.4 Å². The van der Waals surface area contributed by atoms with E-state index in [4.69, 9.17) is 11.6 Å². The maximum absolute atomic E-state index is 12.4. The number of benzene rings is 2. The van der Waals surface area contributed by atoms with Gasteiger partial charge in [0.05, 0.1) is 11.8 Å². The number of aromatic nitrogens is 3. The minimum absolute atomic E-state index is 0.0761. The van der Waals surface area contributed by atoms with E-state index in [9.17, 15) is 4.79 Å². The second-order valence-corrected chi connectivity index (χ2v) is 7.68. The number of carbonyl (C=O) groups excluding carboxylic acids is 1. The van der Waals surface area contributed by atoms with Gasteiger partial charge in [-0.3, -0.25) is 4.79 Å². The van der Waals surface area contributed by atoms with Crippen molar-refractivity contribution in [3.05, 3.63) is 65.4 Å². The maximum Gasteiger partial charge on any atom is 0.237 e. The summed E-state index contributed by atoms with van der Waals surface area (Å²) in [6.07, 6.45) is 0. The molecular weight excluding hydrogens is 382 g/mol. The smallest absolute Gasteiger partial charge is 0.237 e. The molecule has 3 rings (SSSR count). The summed E-state index contributed by atoms with van der Waals surface area (Å²) in [5.41, 5.74) is 1.69. The van der Waals surface area contributed by atoms with Gasteiger partial charge in [-0.05, 0) is 37.3 Å². The Morgan fingerprint density at radius 3 is 2.63 bits per heavy atom. The minimum Gasteiger partial charge on any atom is -0.378 e. The summed E-state index contributed by atoms with van der Waals surface area (Å²) in [6, 6.07) is 16.9. The van der Waals surface area contributed by atoms with E-state index in [2.05, 4.69) is 20.8 Å². The van der Waals surface area contributed by atoms with Crippen molar-refractivity contribution in [2.45, 2.75) is 23.9 Å². The molecule has 0 radical (unpaired) electrons. The first-order chi connectivity index (χ1) is 13.0. The molecule has 3 aromatic rings. The number of para-hydroxylation sites is 1. The van der Waals surface area contributed by atoms with Gasteiger partial charge in [0.15, 0.2) is 11.0 Å². The third-order valence-electron chi connectivity index (χ3n) is 3.89. The van der Waals surface area contributed by atoms with Crippen molar-refractivity contribution in [2.75, 3.05) is 10.6 Å². The van der Waals surface area contributed by atoms with Crippen LogP contribution in [0.25, 0.3) is 0 Å². The second kappa shape index (κ2) is 8.92. The Labute approximate surface area is 167 Å². The molecule has 0 fully saturated rings. The highest BCUT2D eigenvalue weighted by atomic mass is 35.5. The zero-order chi connectivity index (χ0) is 19.2. The van der Waals surface area contributed by atoms with Crippen molar-refractivity contribution in [2.24, 2.45) is 7.05 Å². The lowest BCUT2D eigenvalue weighted by atomic mass is 10.3. The molecule has 1 amide bonds. The molecule has 2 aromatic carbocycles. The van der Waals surface area contributed by atoms with Crippen LogP contribution >= 0.6 is 23.4 Å². The van der Waals surface area contributed by atoms with Crippen molar-refractivity contribution in [1.29, 1.82) is 0 Å². The van der Waals surface area contributed by atoms with Crippen LogP contribution < -0.4 is 10.6 Å². The lowest BCUT2D eigenvalue weighted by Gasteiger charge is -2.12. The lowest BCUT2D eigenvalue weighted by molar-refractivity contribution is -0.115. The molecule has 0 aliphatic heterocycles. The van der Waals surface area contributed by atoms with E-state index >= 15 is 0 Å². The number of rotatable bonds is 7. The lowest BCUT2D eigenvalue weighted by Crippen LogP contribution is -2.22. The Hall–Kier alpha value is -2.51. The zero-order valence-corrected chi connectivity index (χ0v) is 16.6. The van der Waals surface area contributed by atoms with E-state index in [-0.39, 0.29) is 11.2 Å². The summed E-state index contributed by atoms with van der Waals surface area (Å²) >= 11 is 7.36. The molecule has 0 bridgehead atoms. The van der Waals surface area contributed by atoms with Crippen molar-refractivity contribution in [3.63, 3.8) is 0 Å². The summed E-state index contributed by atoms with van der Waals surface area (Å²) in [5.74, 6) is 0.695. The summed E-state index contributed by atoms with van der Waals surface area (Å²) in [7, 11) is 1.89. The average molecular weight is 402 g/mol. The van der Waals surface area contributed by atoms with Gasteiger partial charge in [0.25, 0.3) is 0 Å². The molecule has 0 saturated heterocycles. The fourth-order valence-electron chi connectivity index (χ4n) is 2.36. The van der Waals surface area contributed by atoms with Crippen LogP contribution in [0.2, 0.25) is 5.02 Å². The number of amides is 1. The SMILES string of the molecule is CC(Sc1nnc(CNc2cccc(Cl)c2)n1C)C(=O)Nc1ccccc1. The Balaban J connectivity index is 1.58. The number of anilines is 2. The number of halogens is 1. The number of hydrogen-bond acceptors (Lipinski definition) is 5. The number of nitrogens with zero attached hydrogens (tertiary/aromatic N) is 3. The van der Waals surface area contributed by atoms with E-state index in [1.54, 1.807) is 0 Å². The largest absolute Gasteiger partial charge is 0.378 e. The van der Waals surface area contributed by atoms with Gasteiger partial charge in [0.1, 0.15) is 0 Å². The number of carbonyl (C=O) groups is 1. The predicted octanol–water partition coefficient (Wildman–Crippen LogP) is 4.20. The molecule has 1 aromatic heterocycles. The quantitative estimate of drug-likeness (QED) is 0.580. The number of hydrogen-bond donors (Lipinski definition) is 2. The molecule has 1 atom stereocenters. The fraction of sp³-hybridized carbons (Fsp3) is 0.211. The summed E-state index contributed by atoms with van der Waals surface area (Å²) in [5, 5.41) is 15.6. The molecule has 2 N–H and O–H groups in total. The highest BCUT2D eigenvalue weighted by molar-refractivity contribution is 8.00. The van der Waals surface area contributed by atoms with Crippen LogP contribution in [0.5, 0.6) is 0 Å². The molecule has 0 spiro atoms.